The third kappa shape index (κ3) is 2.94. The standard InChI is InChI=1S/C17H22N2O2/c20-16(21)17(9-5-2-1-3-6-10-17)12-14-13-19-11-7-4-8-15(19)18-14/h4,7-8,11,13H,1-3,5-6,9-10,12H2,(H,20,21). The highest BCUT2D eigenvalue weighted by Crippen LogP contribution is 2.37. The lowest BCUT2D eigenvalue weighted by Gasteiger charge is -2.30. The van der Waals surface area contributed by atoms with E-state index in [0.717, 1.165) is 49.9 Å². The number of hydrogen-bond donors (Lipinski definition) is 1. The molecule has 0 atom stereocenters. The van der Waals surface area contributed by atoms with Gasteiger partial charge in [-0.2, -0.15) is 0 Å². The second kappa shape index (κ2) is 5.88. The number of fused-ring (bicyclic) bond motifs is 1. The van der Waals surface area contributed by atoms with E-state index in [4.69, 9.17) is 0 Å². The molecule has 1 N–H and O–H groups in total. The van der Waals surface area contributed by atoms with Crippen molar-refractivity contribution in [2.24, 2.45) is 5.41 Å². The fraction of sp³-hybridized carbons (Fsp3) is 0.529. The molecule has 1 aliphatic carbocycles. The zero-order chi connectivity index (χ0) is 14.7. The van der Waals surface area contributed by atoms with E-state index in [1.54, 1.807) is 0 Å². The van der Waals surface area contributed by atoms with Gasteiger partial charge in [-0.25, -0.2) is 4.98 Å². The predicted octanol–water partition coefficient (Wildman–Crippen LogP) is 3.69. The van der Waals surface area contributed by atoms with Gasteiger partial charge in [-0.1, -0.05) is 38.2 Å². The van der Waals surface area contributed by atoms with Crippen LogP contribution in [0.2, 0.25) is 0 Å². The van der Waals surface area contributed by atoms with E-state index in [1.807, 2.05) is 35.0 Å². The van der Waals surface area contributed by atoms with Gasteiger partial charge in [-0.05, 0) is 25.0 Å². The quantitative estimate of drug-likeness (QED) is 0.936. The van der Waals surface area contributed by atoms with Gasteiger partial charge in [0.25, 0.3) is 0 Å². The van der Waals surface area contributed by atoms with Crippen LogP contribution in [0.4, 0.5) is 0 Å². The van der Waals surface area contributed by atoms with E-state index in [-0.39, 0.29) is 0 Å². The minimum atomic E-state index is -0.651. The minimum Gasteiger partial charge on any atom is -0.481 e. The monoisotopic (exact) mass is 286 g/mol. The molecule has 4 nitrogen and oxygen atoms in total. The van der Waals surface area contributed by atoms with Crippen LogP contribution in [0.5, 0.6) is 0 Å². The molecule has 0 unspecified atom stereocenters. The van der Waals surface area contributed by atoms with Crippen LogP contribution in [-0.2, 0) is 11.2 Å². The van der Waals surface area contributed by atoms with Crippen molar-refractivity contribution in [3.05, 3.63) is 36.3 Å². The van der Waals surface area contributed by atoms with Crippen molar-refractivity contribution in [2.75, 3.05) is 0 Å². The minimum absolute atomic E-state index is 0.546. The van der Waals surface area contributed by atoms with Crippen LogP contribution in [0.25, 0.3) is 5.65 Å². The molecular weight excluding hydrogens is 264 g/mol. The molecule has 0 amide bonds. The molecule has 112 valence electrons. The Morgan fingerprint density at radius 1 is 1.19 bits per heavy atom. The largest absolute Gasteiger partial charge is 0.481 e. The summed E-state index contributed by atoms with van der Waals surface area (Å²) >= 11 is 0. The summed E-state index contributed by atoms with van der Waals surface area (Å²) in [6.07, 6.45) is 11.6. The molecule has 0 radical (unpaired) electrons. The zero-order valence-corrected chi connectivity index (χ0v) is 12.3. The van der Waals surface area contributed by atoms with Crippen molar-refractivity contribution < 1.29 is 9.90 Å². The van der Waals surface area contributed by atoms with Gasteiger partial charge in [0.05, 0.1) is 11.1 Å². The lowest BCUT2D eigenvalue weighted by Crippen LogP contribution is -2.34. The first-order valence-corrected chi connectivity index (χ1v) is 7.86. The SMILES string of the molecule is O=C(O)C1(Cc2cn3ccccc3n2)CCCCCCC1. The fourth-order valence-electron chi connectivity index (χ4n) is 3.47. The fourth-order valence-corrected chi connectivity index (χ4v) is 3.47. The normalized spacial score (nSPS) is 19.0. The topological polar surface area (TPSA) is 54.6 Å². The van der Waals surface area contributed by atoms with E-state index in [1.165, 1.54) is 6.42 Å². The molecule has 1 aliphatic rings. The average molecular weight is 286 g/mol. The Balaban J connectivity index is 1.88. The van der Waals surface area contributed by atoms with Gasteiger partial charge in [0.2, 0.25) is 0 Å². The number of pyridine rings is 1. The molecule has 0 saturated heterocycles. The predicted molar refractivity (Wildman–Crippen MR) is 81.3 cm³/mol. The van der Waals surface area contributed by atoms with Crippen LogP contribution in [-0.4, -0.2) is 20.5 Å². The van der Waals surface area contributed by atoms with Crippen molar-refractivity contribution in [1.29, 1.82) is 0 Å². The molecular formula is C17H22N2O2. The zero-order valence-electron chi connectivity index (χ0n) is 12.3. The molecule has 2 aromatic heterocycles. The number of rotatable bonds is 3. The first kappa shape index (κ1) is 14.1. The summed E-state index contributed by atoms with van der Waals surface area (Å²) in [6, 6.07) is 5.87. The van der Waals surface area contributed by atoms with Crippen molar-refractivity contribution in [2.45, 2.75) is 51.4 Å². The number of aliphatic carboxylic acids is 1. The van der Waals surface area contributed by atoms with Crippen LogP contribution < -0.4 is 0 Å². The molecule has 1 fully saturated rings. The molecule has 21 heavy (non-hydrogen) atoms. The molecule has 0 spiro atoms. The van der Waals surface area contributed by atoms with Crippen molar-refractivity contribution in [1.82, 2.24) is 9.38 Å². The summed E-state index contributed by atoms with van der Waals surface area (Å²) in [5, 5.41) is 9.81. The maximum absolute atomic E-state index is 11.9. The van der Waals surface area contributed by atoms with E-state index in [2.05, 4.69) is 4.98 Å². The van der Waals surface area contributed by atoms with Crippen LogP contribution in [0.15, 0.2) is 30.6 Å². The van der Waals surface area contributed by atoms with Crippen molar-refractivity contribution >= 4 is 11.6 Å². The summed E-state index contributed by atoms with van der Waals surface area (Å²) in [7, 11) is 0. The van der Waals surface area contributed by atoms with Crippen LogP contribution in [0.3, 0.4) is 0 Å². The van der Waals surface area contributed by atoms with E-state index in [9.17, 15) is 9.90 Å². The molecule has 1 saturated carbocycles. The first-order valence-electron chi connectivity index (χ1n) is 7.86. The third-order valence-electron chi connectivity index (χ3n) is 4.70. The summed E-state index contributed by atoms with van der Waals surface area (Å²) < 4.78 is 1.97. The molecule has 3 rings (SSSR count). The van der Waals surface area contributed by atoms with Gasteiger partial charge in [0.15, 0.2) is 0 Å². The maximum Gasteiger partial charge on any atom is 0.310 e. The molecule has 2 aromatic rings. The van der Waals surface area contributed by atoms with Crippen LogP contribution in [0, 0.1) is 5.41 Å². The second-order valence-corrected chi connectivity index (χ2v) is 6.23. The molecule has 0 aromatic carbocycles. The number of carbonyl (C=O) groups is 1. The summed E-state index contributed by atoms with van der Waals surface area (Å²) in [6.45, 7) is 0. The Labute approximate surface area is 124 Å². The van der Waals surface area contributed by atoms with Crippen LogP contribution >= 0.6 is 0 Å². The Bertz CT molecular complexity index is 592. The Morgan fingerprint density at radius 3 is 2.57 bits per heavy atom. The first-order chi connectivity index (χ1) is 10.2. The van der Waals surface area contributed by atoms with Gasteiger partial charge >= 0.3 is 5.97 Å². The van der Waals surface area contributed by atoms with Crippen LogP contribution in [0.1, 0.15) is 50.6 Å². The van der Waals surface area contributed by atoms with Gasteiger partial charge in [-0.15, -0.1) is 0 Å². The highest BCUT2D eigenvalue weighted by atomic mass is 16.4. The Hall–Kier alpha value is -1.84. The second-order valence-electron chi connectivity index (χ2n) is 6.23. The average Bonchev–Trinajstić information content (AvgIpc) is 2.83. The highest BCUT2D eigenvalue weighted by Gasteiger charge is 2.38. The number of nitrogens with zero attached hydrogens (tertiary/aromatic N) is 2. The van der Waals surface area contributed by atoms with Gasteiger partial charge < -0.3 is 9.51 Å². The molecule has 2 heterocycles. The molecule has 0 bridgehead atoms. The Morgan fingerprint density at radius 2 is 1.90 bits per heavy atom. The number of carboxylic acid groups (broad SMARTS) is 1. The van der Waals surface area contributed by atoms with Gasteiger partial charge in [-0.3, -0.25) is 4.79 Å². The highest BCUT2D eigenvalue weighted by molar-refractivity contribution is 5.75. The number of imidazole rings is 1. The lowest BCUT2D eigenvalue weighted by molar-refractivity contribution is -0.150. The summed E-state index contributed by atoms with van der Waals surface area (Å²) in [5.41, 5.74) is 1.15. The Kier molecular flexibility index (Phi) is 3.95. The van der Waals surface area contributed by atoms with Gasteiger partial charge in [0, 0.05) is 18.8 Å². The van der Waals surface area contributed by atoms with Crippen molar-refractivity contribution in [3.63, 3.8) is 0 Å². The van der Waals surface area contributed by atoms with E-state index < -0.39 is 11.4 Å². The van der Waals surface area contributed by atoms with E-state index in [0.29, 0.717) is 6.42 Å². The number of hydrogen-bond acceptors (Lipinski definition) is 2. The molecule has 4 heteroatoms. The van der Waals surface area contributed by atoms with Gasteiger partial charge in [0.1, 0.15) is 5.65 Å². The van der Waals surface area contributed by atoms with Crippen molar-refractivity contribution in [3.8, 4) is 0 Å². The third-order valence-corrected chi connectivity index (χ3v) is 4.70. The lowest BCUT2D eigenvalue weighted by atomic mass is 9.73. The molecule has 0 aliphatic heterocycles. The summed E-state index contributed by atoms with van der Waals surface area (Å²) in [4.78, 5) is 16.5. The number of carboxylic acids is 1. The summed E-state index contributed by atoms with van der Waals surface area (Å²) in [5.74, 6) is -0.651. The maximum atomic E-state index is 11.9. The smallest absolute Gasteiger partial charge is 0.310 e. The van der Waals surface area contributed by atoms with E-state index >= 15 is 0 Å². The number of aromatic nitrogens is 2.